The minimum atomic E-state index is 0.589. The Labute approximate surface area is 252 Å². The summed E-state index contributed by atoms with van der Waals surface area (Å²) < 4.78 is 4.44. The smallest absolute Gasteiger partial charge is 0.237 e. The number of fused-ring (bicyclic) bond motifs is 6. The highest BCUT2D eigenvalue weighted by atomic mass is 15.2. The molecule has 0 amide bonds. The average Bonchev–Trinajstić information content (AvgIpc) is 3.62. The van der Waals surface area contributed by atoms with Crippen molar-refractivity contribution < 1.29 is 0 Å². The predicted octanol–water partition coefficient (Wildman–Crippen LogP) is 8.79. The lowest BCUT2D eigenvalue weighted by Gasteiger charge is -2.18. The Kier molecular flexibility index (Phi) is 5.40. The number of hydrogen-bond donors (Lipinski definition) is 0. The summed E-state index contributed by atoms with van der Waals surface area (Å²) in [4.78, 5) is 20.0. The second-order valence-electron chi connectivity index (χ2n) is 10.8. The van der Waals surface area contributed by atoms with Gasteiger partial charge in [-0.15, -0.1) is 0 Å². The molecule has 0 aliphatic rings. The van der Waals surface area contributed by atoms with Gasteiger partial charge in [-0.2, -0.15) is 4.98 Å². The first-order valence-corrected chi connectivity index (χ1v) is 14.6. The van der Waals surface area contributed by atoms with Crippen LogP contribution in [0.5, 0.6) is 0 Å². The van der Waals surface area contributed by atoms with Gasteiger partial charge in [-0.05, 0) is 48.5 Å². The maximum atomic E-state index is 5.48. The molecule has 0 aliphatic heterocycles. The first-order valence-electron chi connectivity index (χ1n) is 14.6. The summed E-state index contributed by atoms with van der Waals surface area (Å²) in [5.74, 6) is 1.35. The van der Waals surface area contributed by atoms with Gasteiger partial charge in [0.25, 0.3) is 0 Å². The van der Waals surface area contributed by atoms with Crippen LogP contribution < -0.4 is 0 Å². The van der Waals surface area contributed by atoms with E-state index < -0.39 is 0 Å². The van der Waals surface area contributed by atoms with Gasteiger partial charge in [0.05, 0.1) is 39.0 Å². The van der Waals surface area contributed by atoms with Crippen LogP contribution in [-0.4, -0.2) is 29.1 Å². The zero-order valence-electron chi connectivity index (χ0n) is 23.5. The Balaban J connectivity index is 1.50. The SMILES string of the molecule is c1ccc(-c2c(-c3ccncc3)nc(-n3c4ccccc4c4ccccc43)nc2-n2c3ccccc3c3ccccc32)nc1. The fourth-order valence-electron chi connectivity index (χ4n) is 6.45. The molecule has 0 N–H and O–H groups in total. The van der Waals surface area contributed by atoms with E-state index in [4.69, 9.17) is 15.0 Å². The van der Waals surface area contributed by atoms with Gasteiger partial charge >= 0.3 is 0 Å². The Bertz CT molecular complexity index is 2390. The molecule has 0 saturated carbocycles. The van der Waals surface area contributed by atoms with Crippen LogP contribution in [0.25, 0.3) is 77.9 Å². The average molecular weight is 565 g/mol. The zero-order chi connectivity index (χ0) is 29.0. The molecule has 5 aromatic heterocycles. The second-order valence-corrected chi connectivity index (χ2v) is 10.8. The summed E-state index contributed by atoms with van der Waals surface area (Å²) in [5.41, 5.74) is 7.61. The number of aromatic nitrogens is 6. The number of para-hydroxylation sites is 4. The lowest BCUT2D eigenvalue weighted by Crippen LogP contribution is -2.10. The summed E-state index contributed by atoms with van der Waals surface area (Å²) in [7, 11) is 0. The molecular weight excluding hydrogens is 540 g/mol. The molecule has 6 heteroatoms. The minimum absolute atomic E-state index is 0.589. The number of hydrogen-bond acceptors (Lipinski definition) is 4. The molecule has 0 atom stereocenters. The molecule has 4 aromatic carbocycles. The molecule has 0 bridgehead atoms. The van der Waals surface area contributed by atoms with Crippen molar-refractivity contribution >= 4 is 43.6 Å². The highest BCUT2D eigenvalue weighted by molar-refractivity contribution is 6.10. The lowest BCUT2D eigenvalue weighted by molar-refractivity contribution is 0.952. The maximum Gasteiger partial charge on any atom is 0.237 e. The maximum absolute atomic E-state index is 5.48. The van der Waals surface area contributed by atoms with Crippen molar-refractivity contribution in [1.82, 2.24) is 29.1 Å². The normalized spacial score (nSPS) is 11.6. The molecule has 0 fully saturated rings. The molecule has 0 unspecified atom stereocenters. The van der Waals surface area contributed by atoms with E-state index in [-0.39, 0.29) is 0 Å². The Morgan fingerprint density at radius 2 is 0.932 bits per heavy atom. The van der Waals surface area contributed by atoms with Gasteiger partial charge in [-0.25, -0.2) is 4.98 Å². The van der Waals surface area contributed by atoms with Gasteiger partial charge < -0.3 is 0 Å². The van der Waals surface area contributed by atoms with Crippen LogP contribution in [0.2, 0.25) is 0 Å². The number of rotatable bonds is 4. The van der Waals surface area contributed by atoms with Crippen molar-refractivity contribution in [2.24, 2.45) is 0 Å². The van der Waals surface area contributed by atoms with Crippen LogP contribution in [0.3, 0.4) is 0 Å². The van der Waals surface area contributed by atoms with Crippen LogP contribution in [0, 0.1) is 0 Å². The Hall–Kier alpha value is -6.14. The standard InChI is InChI=1S/C38H24N6/c1-5-16-31-26(11-1)27-12-2-6-17-32(27)43(31)37-35(30-15-9-10-22-40-30)36(25-20-23-39-24-21-25)41-38(42-37)44-33-18-7-3-13-28(33)29-14-4-8-19-34(29)44/h1-24H. The third kappa shape index (κ3) is 3.61. The summed E-state index contributed by atoms with van der Waals surface area (Å²) >= 11 is 0. The molecule has 5 heterocycles. The van der Waals surface area contributed by atoms with E-state index in [9.17, 15) is 0 Å². The molecule has 0 radical (unpaired) electrons. The predicted molar refractivity (Wildman–Crippen MR) is 177 cm³/mol. The summed E-state index contributed by atoms with van der Waals surface area (Å²) in [6.07, 6.45) is 5.43. The quantitative estimate of drug-likeness (QED) is 0.214. The van der Waals surface area contributed by atoms with Gasteiger partial charge in [0, 0.05) is 45.7 Å². The van der Waals surface area contributed by atoms with E-state index in [1.807, 2.05) is 36.5 Å². The number of pyridine rings is 2. The van der Waals surface area contributed by atoms with Crippen molar-refractivity contribution in [3.63, 3.8) is 0 Å². The molecule has 9 aromatic rings. The molecule has 9 rings (SSSR count). The van der Waals surface area contributed by atoms with Gasteiger partial charge in [-0.3, -0.25) is 19.1 Å². The van der Waals surface area contributed by atoms with Crippen molar-refractivity contribution in [1.29, 1.82) is 0 Å². The topological polar surface area (TPSA) is 61.4 Å². The molecule has 0 aliphatic carbocycles. The van der Waals surface area contributed by atoms with E-state index >= 15 is 0 Å². The van der Waals surface area contributed by atoms with Crippen LogP contribution in [0.15, 0.2) is 146 Å². The first kappa shape index (κ1) is 24.5. The molecule has 0 spiro atoms. The summed E-state index contributed by atoms with van der Waals surface area (Å²) in [6, 6.07) is 43.9. The van der Waals surface area contributed by atoms with E-state index in [0.29, 0.717) is 5.95 Å². The van der Waals surface area contributed by atoms with Crippen LogP contribution in [-0.2, 0) is 0 Å². The fourth-order valence-corrected chi connectivity index (χ4v) is 6.45. The molecule has 0 saturated heterocycles. The van der Waals surface area contributed by atoms with Crippen molar-refractivity contribution in [3.05, 3.63) is 146 Å². The summed E-state index contributed by atoms with van der Waals surface area (Å²) in [5, 5.41) is 4.64. The van der Waals surface area contributed by atoms with Crippen molar-refractivity contribution in [2.75, 3.05) is 0 Å². The van der Waals surface area contributed by atoms with E-state index in [1.165, 1.54) is 0 Å². The van der Waals surface area contributed by atoms with Crippen LogP contribution in [0.4, 0.5) is 0 Å². The number of benzene rings is 4. The minimum Gasteiger partial charge on any atom is -0.293 e. The second kappa shape index (κ2) is 9.71. The fraction of sp³-hybridized carbons (Fsp3) is 0. The van der Waals surface area contributed by atoms with Gasteiger partial charge in [0.1, 0.15) is 0 Å². The monoisotopic (exact) mass is 564 g/mol. The van der Waals surface area contributed by atoms with Crippen LogP contribution in [0.1, 0.15) is 0 Å². The first-order chi connectivity index (χ1) is 21.9. The number of nitrogens with zero attached hydrogens (tertiary/aromatic N) is 6. The summed E-state index contributed by atoms with van der Waals surface area (Å²) in [6.45, 7) is 0. The van der Waals surface area contributed by atoms with E-state index in [2.05, 4.69) is 111 Å². The van der Waals surface area contributed by atoms with Gasteiger partial charge in [-0.1, -0.05) is 78.9 Å². The lowest BCUT2D eigenvalue weighted by atomic mass is 10.0. The van der Waals surface area contributed by atoms with Crippen molar-refractivity contribution in [3.8, 4) is 34.3 Å². The third-order valence-electron chi connectivity index (χ3n) is 8.32. The highest BCUT2D eigenvalue weighted by Gasteiger charge is 2.25. The molecule has 206 valence electrons. The highest BCUT2D eigenvalue weighted by Crippen LogP contribution is 2.40. The van der Waals surface area contributed by atoms with Crippen molar-refractivity contribution in [2.45, 2.75) is 0 Å². The largest absolute Gasteiger partial charge is 0.293 e. The Morgan fingerprint density at radius 3 is 1.45 bits per heavy atom. The van der Waals surface area contributed by atoms with Gasteiger partial charge in [0.15, 0.2) is 5.82 Å². The van der Waals surface area contributed by atoms with Gasteiger partial charge in [0.2, 0.25) is 5.95 Å². The third-order valence-corrected chi connectivity index (χ3v) is 8.32. The molecular formula is C38H24N6. The van der Waals surface area contributed by atoms with Crippen LogP contribution >= 0.6 is 0 Å². The zero-order valence-corrected chi connectivity index (χ0v) is 23.5. The molecule has 44 heavy (non-hydrogen) atoms. The van der Waals surface area contributed by atoms with E-state index in [0.717, 1.165) is 71.9 Å². The Morgan fingerprint density at radius 1 is 0.432 bits per heavy atom. The molecule has 6 nitrogen and oxygen atoms in total. The van der Waals surface area contributed by atoms with E-state index in [1.54, 1.807) is 12.4 Å².